The lowest BCUT2D eigenvalue weighted by Crippen LogP contribution is -2.56. The van der Waals surface area contributed by atoms with E-state index in [4.69, 9.17) is 0 Å². The van der Waals surface area contributed by atoms with Gasteiger partial charge in [-0.2, -0.15) is 13.2 Å². The third kappa shape index (κ3) is 3.46. The predicted octanol–water partition coefficient (Wildman–Crippen LogP) is 3.31. The van der Waals surface area contributed by atoms with Crippen LogP contribution in [-0.4, -0.2) is 24.0 Å². The minimum Gasteiger partial charge on any atom is -0.303 e. The highest BCUT2D eigenvalue weighted by molar-refractivity contribution is 5.86. The summed E-state index contributed by atoms with van der Waals surface area (Å²) in [5, 5.41) is 2.60. The molecule has 0 amide bonds. The molecule has 0 aliphatic carbocycles. The molecule has 5 heteroatoms. The summed E-state index contributed by atoms with van der Waals surface area (Å²) in [5.74, 6) is -0.240. The van der Waals surface area contributed by atoms with Crippen LogP contribution >= 0.6 is 0 Å². The summed E-state index contributed by atoms with van der Waals surface area (Å²) in [5.41, 5.74) is -0.495. The van der Waals surface area contributed by atoms with Gasteiger partial charge in [-0.15, -0.1) is 0 Å². The second-order valence-electron chi connectivity index (χ2n) is 6.07. The standard InChI is InChI=1S/C13H22F3NO/c1-5-9-8(11(18)12(2,3)4)6-7-10(17-9)13(14,15)16/h8-10,17H,5-7H2,1-4H3. The number of Topliss-reactive ketones (excluding diaryl/α,β-unsaturated/α-hetero) is 1. The summed E-state index contributed by atoms with van der Waals surface area (Å²) in [4.78, 5) is 12.2. The summed E-state index contributed by atoms with van der Waals surface area (Å²) in [6, 6.07) is -1.83. The minimum absolute atomic E-state index is 0.00745. The van der Waals surface area contributed by atoms with Gasteiger partial charge in [-0.3, -0.25) is 4.79 Å². The quantitative estimate of drug-likeness (QED) is 0.830. The molecule has 1 aliphatic heterocycles. The molecule has 0 radical (unpaired) electrons. The van der Waals surface area contributed by atoms with Gasteiger partial charge >= 0.3 is 6.18 Å². The lowest BCUT2D eigenvalue weighted by molar-refractivity contribution is -0.168. The number of carbonyl (C=O) groups excluding carboxylic acids is 1. The molecule has 3 unspecified atom stereocenters. The summed E-state index contributed by atoms with van der Waals surface area (Å²) in [6.45, 7) is 7.27. The van der Waals surface area contributed by atoms with Crippen LogP contribution in [0.1, 0.15) is 47.0 Å². The van der Waals surface area contributed by atoms with Gasteiger partial charge in [0.25, 0.3) is 0 Å². The van der Waals surface area contributed by atoms with Crippen molar-refractivity contribution < 1.29 is 18.0 Å². The van der Waals surface area contributed by atoms with E-state index in [-0.39, 0.29) is 24.2 Å². The van der Waals surface area contributed by atoms with Gasteiger partial charge in [-0.1, -0.05) is 27.7 Å². The van der Waals surface area contributed by atoms with Gasteiger partial charge in [-0.25, -0.2) is 0 Å². The van der Waals surface area contributed by atoms with E-state index < -0.39 is 17.6 Å². The molecule has 1 heterocycles. The fourth-order valence-corrected chi connectivity index (χ4v) is 2.54. The maximum Gasteiger partial charge on any atom is 0.403 e. The predicted molar refractivity (Wildman–Crippen MR) is 64.2 cm³/mol. The fraction of sp³-hybridized carbons (Fsp3) is 0.923. The van der Waals surface area contributed by atoms with E-state index in [1.165, 1.54) is 0 Å². The maximum atomic E-state index is 12.7. The van der Waals surface area contributed by atoms with Crippen molar-refractivity contribution in [1.29, 1.82) is 0 Å². The Morgan fingerprint density at radius 1 is 1.22 bits per heavy atom. The molecule has 0 aromatic carbocycles. The van der Waals surface area contributed by atoms with Crippen LogP contribution in [-0.2, 0) is 4.79 Å². The molecular weight excluding hydrogens is 243 g/mol. The van der Waals surface area contributed by atoms with Crippen LogP contribution in [0.25, 0.3) is 0 Å². The number of hydrogen-bond donors (Lipinski definition) is 1. The molecule has 1 rings (SSSR count). The monoisotopic (exact) mass is 265 g/mol. The number of nitrogens with one attached hydrogen (secondary N) is 1. The van der Waals surface area contributed by atoms with E-state index >= 15 is 0 Å². The van der Waals surface area contributed by atoms with Crippen molar-refractivity contribution in [2.75, 3.05) is 0 Å². The number of rotatable bonds is 2. The van der Waals surface area contributed by atoms with Gasteiger partial charge in [0.2, 0.25) is 0 Å². The molecule has 0 saturated carbocycles. The van der Waals surface area contributed by atoms with Crippen LogP contribution in [0.5, 0.6) is 0 Å². The van der Waals surface area contributed by atoms with Crippen molar-refractivity contribution >= 4 is 5.78 Å². The highest BCUT2D eigenvalue weighted by Crippen LogP contribution is 2.34. The van der Waals surface area contributed by atoms with E-state index in [0.717, 1.165) is 0 Å². The topological polar surface area (TPSA) is 29.1 Å². The van der Waals surface area contributed by atoms with Crippen LogP contribution in [0.4, 0.5) is 13.2 Å². The number of hydrogen-bond acceptors (Lipinski definition) is 2. The Hall–Kier alpha value is -0.580. The summed E-state index contributed by atoms with van der Waals surface area (Å²) in [7, 11) is 0. The molecular formula is C13H22F3NO. The molecule has 1 fully saturated rings. The zero-order chi connectivity index (χ0) is 14.1. The van der Waals surface area contributed by atoms with Crippen molar-refractivity contribution in [2.45, 2.75) is 65.2 Å². The van der Waals surface area contributed by atoms with Gasteiger partial charge in [0.05, 0.1) is 0 Å². The Bertz CT molecular complexity index is 306. The van der Waals surface area contributed by atoms with Crippen LogP contribution in [0.2, 0.25) is 0 Å². The molecule has 106 valence electrons. The first-order chi connectivity index (χ1) is 8.07. The Kier molecular flexibility index (Phi) is 4.47. The largest absolute Gasteiger partial charge is 0.403 e. The molecule has 1 aliphatic rings. The Morgan fingerprint density at radius 3 is 2.17 bits per heavy atom. The molecule has 1 N–H and O–H groups in total. The van der Waals surface area contributed by atoms with Gasteiger partial charge < -0.3 is 5.32 Å². The van der Waals surface area contributed by atoms with Crippen LogP contribution in [0.3, 0.4) is 0 Å². The third-order valence-electron chi connectivity index (χ3n) is 3.58. The molecule has 0 aromatic rings. The first-order valence-electron chi connectivity index (χ1n) is 6.44. The molecule has 18 heavy (non-hydrogen) atoms. The second kappa shape index (κ2) is 5.19. The van der Waals surface area contributed by atoms with Crippen LogP contribution in [0.15, 0.2) is 0 Å². The van der Waals surface area contributed by atoms with Crippen LogP contribution in [0, 0.1) is 11.3 Å². The molecule has 3 atom stereocenters. The lowest BCUT2D eigenvalue weighted by Gasteiger charge is -2.39. The highest BCUT2D eigenvalue weighted by Gasteiger charge is 2.46. The molecule has 0 bridgehead atoms. The van der Waals surface area contributed by atoms with Crippen molar-refractivity contribution in [3.05, 3.63) is 0 Å². The Balaban J connectivity index is 2.79. The van der Waals surface area contributed by atoms with E-state index in [2.05, 4.69) is 5.32 Å². The van der Waals surface area contributed by atoms with Gasteiger partial charge in [0.15, 0.2) is 0 Å². The number of alkyl halides is 3. The maximum absolute atomic E-state index is 12.7. The van der Waals surface area contributed by atoms with Crippen molar-refractivity contribution in [2.24, 2.45) is 11.3 Å². The summed E-state index contributed by atoms with van der Waals surface area (Å²) >= 11 is 0. The summed E-state index contributed by atoms with van der Waals surface area (Å²) in [6.07, 6.45) is -3.36. The second-order valence-corrected chi connectivity index (χ2v) is 6.07. The fourth-order valence-electron chi connectivity index (χ4n) is 2.54. The minimum atomic E-state index is -4.22. The number of piperidine rings is 1. The number of carbonyl (C=O) groups is 1. The lowest BCUT2D eigenvalue weighted by atomic mass is 9.74. The number of halogens is 3. The van der Waals surface area contributed by atoms with Gasteiger partial charge in [-0.05, 0) is 19.3 Å². The first-order valence-corrected chi connectivity index (χ1v) is 6.44. The van der Waals surface area contributed by atoms with E-state index in [9.17, 15) is 18.0 Å². The Morgan fingerprint density at radius 2 is 1.78 bits per heavy atom. The zero-order valence-corrected chi connectivity index (χ0v) is 11.4. The average molecular weight is 265 g/mol. The molecule has 0 spiro atoms. The third-order valence-corrected chi connectivity index (χ3v) is 3.58. The van der Waals surface area contributed by atoms with E-state index in [1.54, 1.807) is 0 Å². The average Bonchev–Trinajstić information content (AvgIpc) is 2.24. The van der Waals surface area contributed by atoms with Gasteiger partial charge in [0.1, 0.15) is 11.8 Å². The molecule has 1 saturated heterocycles. The zero-order valence-electron chi connectivity index (χ0n) is 11.4. The van der Waals surface area contributed by atoms with Crippen molar-refractivity contribution in [3.63, 3.8) is 0 Å². The molecule has 0 aromatic heterocycles. The van der Waals surface area contributed by atoms with E-state index in [1.807, 2.05) is 27.7 Å². The highest BCUT2D eigenvalue weighted by atomic mass is 19.4. The Labute approximate surface area is 106 Å². The van der Waals surface area contributed by atoms with Crippen molar-refractivity contribution in [1.82, 2.24) is 5.32 Å². The smallest absolute Gasteiger partial charge is 0.303 e. The SMILES string of the molecule is CCC1NC(C(F)(F)F)CCC1C(=O)C(C)(C)C. The van der Waals surface area contributed by atoms with Crippen molar-refractivity contribution in [3.8, 4) is 0 Å². The molecule has 2 nitrogen and oxygen atoms in total. The first kappa shape index (κ1) is 15.5. The van der Waals surface area contributed by atoms with Gasteiger partial charge in [0, 0.05) is 17.4 Å². The van der Waals surface area contributed by atoms with Crippen LogP contribution < -0.4 is 5.32 Å². The van der Waals surface area contributed by atoms with E-state index in [0.29, 0.717) is 12.8 Å². The summed E-state index contributed by atoms with van der Waals surface area (Å²) < 4.78 is 38.0. The normalized spacial score (nSPS) is 30.3. The number of ketones is 1.